The maximum absolute atomic E-state index is 12.6. The van der Waals surface area contributed by atoms with Gasteiger partial charge in [-0.05, 0) is 69.4 Å². The Bertz CT molecular complexity index is 630. The summed E-state index contributed by atoms with van der Waals surface area (Å²) in [7, 11) is 0. The van der Waals surface area contributed by atoms with Gasteiger partial charge in [-0.3, -0.25) is 0 Å². The second-order valence-corrected chi connectivity index (χ2v) is 8.20. The van der Waals surface area contributed by atoms with Crippen molar-refractivity contribution >= 4 is 11.7 Å². The minimum absolute atomic E-state index is 0.0846. The van der Waals surface area contributed by atoms with Crippen molar-refractivity contribution < 1.29 is 14.6 Å². The SMILES string of the molecule is O=C(Nc1cccc(OC2CCCC2)c1)N1CCC(O)(C2CCC2)CC1. The first-order valence-electron chi connectivity index (χ1n) is 10.2. The van der Waals surface area contributed by atoms with Crippen LogP contribution in [0.5, 0.6) is 5.75 Å². The van der Waals surface area contributed by atoms with E-state index in [1.54, 1.807) is 0 Å². The van der Waals surface area contributed by atoms with E-state index in [2.05, 4.69) is 5.32 Å². The maximum atomic E-state index is 12.6. The Balaban J connectivity index is 1.30. The van der Waals surface area contributed by atoms with E-state index in [0.29, 0.717) is 38.0 Å². The first kappa shape index (κ1) is 17.7. The van der Waals surface area contributed by atoms with E-state index < -0.39 is 5.60 Å². The van der Waals surface area contributed by atoms with Crippen molar-refractivity contribution in [1.29, 1.82) is 0 Å². The molecule has 2 aliphatic carbocycles. The Morgan fingerprint density at radius 3 is 2.50 bits per heavy atom. The normalized spacial score (nSPS) is 23.5. The quantitative estimate of drug-likeness (QED) is 0.849. The molecule has 3 aliphatic rings. The summed E-state index contributed by atoms with van der Waals surface area (Å²) in [6.07, 6.45) is 9.91. The summed E-state index contributed by atoms with van der Waals surface area (Å²) < 4.78 is 6.02. The van der Waals surface area contributed by atoms with Gasteiger partial charge >= 0.3 is 6.03 Å². The van der Waals surface area contributed by atoms with Crippen molar-refractivity contribution in [3.8, 4) is 5.75 Å². The molecule has 1 saturated heterocycles. The number of carbonyl (C=O) groups is 1. The van der Waals surface area contributed by atoms with Gasteiger partial charge in [-0.2, -0.15) is 0 Å². The summed E-state index contributed by atoms with van der Waals surface area (Å²) in [4.78, 5) is 14.4. The summed E-state index contributed by atoms with van der Waals surface area (Å²) in [5.74, 6) is 1.27. The molecule has 0 aromatic heterocycles. The molecule has 5 heteroatoms. The van der Waals surface area contributed by atoms with E-state index >= 15 is 0 Å². The highest BCUT2D eigenvalue weighted by atomic mass is 16.5. The van der Waals surface area contributed by atoms with Crippen LogP contribution in [0.4, 0.5) is 10.5 Å². The summed E-state index contributed by atoms with van der Waals surface area (Å²) in [6.45, 7) is 1.24. The van der Waals surface area contributed by atoms with Crippen LogP contribution in [-0.4, -0.2) is 40.8 Å². The zero-order valence-electron chi connectivity index (χ0n) is 15.5. The Hall–Kier alpha value is -1.75. The number of carbonyl (C=O) groups excluding carboxylic acids is 1. The zero-order chi connectivity index (χ0) is 18.0. The largest absolute Gasteiger partial charge is 0.490 e. The first-order valence-corrected chi connectivity index (χ1v) is 10.2. The van der Waals surface area contributed by atoms with Crippen molar-refractivity contribution in [3.63, 3.8) is 0 Å². The van der Waals surface area contributed by atoms with E-state index in [4.69, 9.17) is 4.74 Å². The molecule has 1 aliphatic heterocycles. The van der Waals surface area contributed by atoms with Gasteiger partial charge in [0.2, 0.25) is 0 Å². The van der Waals surface area contributed by atoms with Crippen LogP contribution in [0.3, 0.4) is 0 Å². The summed E-state index contributed by atoms with van der Waals surface area (Å²) in [6, 6.07) is 7.59. The molecule has 3 fully saturated rings. The van der Waals surface area contributed by atoms with Crippen molar-refractivity contribution in [1.82, 2.24) is 4.90 Å². The second kappa shape index (κ2) is 7.47. The molecule has 2 amide bonds. The van der Waals surface area contributed by atoms with Gasteiger partial charge in [0, 0.05) is 24.8 Å². The van der Waals surface area contributed by atoms with Crippen LogP contribution < -0.4 is 10.1 Å². The summed E-state index contributed by atoms with van der Waals surface area (Å²) in [5, 5.41) is 13.8. The minimum Gasteiger partial charge on any atom is -0.490 e. The molecule has 1 aromatic rings. The standard InChI is InChI=1S/C21H30N2O3/c24-20(23-13-11-21(25,12-14-23)16-5-3-6-16)22-17-7-4-10-19(15-17)26-18-8-1-2-9-18/h4,7,10,15-16,18,25H,1-3,5-6,8-9,11-14H2,(H,22,24). The number of nitrogens with zero attached hydrogens (tertiary/aromatic N) is 1. The molecule has 1 heterocycles. The fourth-order valence-electron chi connectivity index (χ4n) is 4.50. The molecule has 2 saturated carbocycles. The molecule has 0 spiro atoms. The van der Waals surface area contributed by atoms with Crippen molar-refractivity contribution in [2.45, 2.75) is 69.5 Å². The predicted octanol–water partition coefficient (Wildman–Crippen LogP) is 4.17. The zero-order valence-corrected chi connectivity index (χ0v) is 15.5. The van der Waals surface area contributed by atoms with Crippen molar-refractivity contribution in [3.05, 3.63) is 24.3 Å². The Morgan fingerprint density at radius 2 is 1.85 bits per heavy atom. The van der Waals surface area contributed by atoms with Gasteiger partial charge in [-0.25, -0.2) is 4.79 Å². The van der Waals surface area contributed by atoms with Crippen LogP contribution in [0, 0.1) is 5.92 Å². The topological polar surface area (TPSA) is 61.8 Å². The monoisotopic (exact) mass is 358 g/mol. The average molecular weight is 358 g/mol. The van der Waals surface area contributed by atoms with E-state index in [-0.39, 0.29) is 6.03 Å². The van der Waals surface area contributed by atoms with Crippen LogP contribution in [0.15, 0.2) is 24.3 Å². The molecule has 0 unspecified atom stereocenters. The molecule has 2 N–H and O–H groups in total. The molecule has 0 bridgehead atoms. The Kier molecular flexibility index (Phi) is 5.07. The highest BCUT2D eigenvalue weighted by Crippen LogP contribution is 2.41. The number of ether oxygens (including phenoxy) is 1. The molecular formula is C21H30N2O3. The Morgan fingerprint density at radius 1 is 1.12 bits per heavy atom. The number of nitrogens with one attached hydrogen (secondary N) is 1. The number of urea groups is 1. The van der Waals surface area contributed by atoms with Crippen molar-refractivity contribution in [2.24, 2.45) is 5.92 Å². The molecular weight excluding hydrogens is 328 g/mol. The maximum Gasteiger partial charge on any atom is 0.321 e. The number of amides is 2. The second-order valence-electron chi connectivity index (χ2n) is 8.20. The van der Waals surface area contributed by atoms with E-state index in [0.717, 1.165) is 37.1 Å². The van der Waals surface area contributed by atoms with E-state index in [1.165, 1.54) is 19.3 Å². The summed E-state index contributed by atoms with van der Waals surface area (Å²) in [5.41, 5.74) is 0.217. The third-order valence-electron chi connectivity index (χ3n) is 6.47. The van der Waals surface area contributed by atoms with Gasteiger partial charge in [0.1, 0.15) is 5.75 Å². The average Bonchev–Trinajstić information content (AvgIpc) is 3.07. The van der Waals surface area contributed by atoms with Gasteiger partial charge < -0.3 is 20.1 Å². The minimum atomic E-state index is -0.552. The van der Waals surface area contributed by atoms with Gasteiger partial charge in [0.05, 0.1) is 11.7 Å². The van der Waals surface area contributed by atoms with Gasteiger partial charge in [0.15, 0.2) is 0 Å². The van der Waals surface area contributed by atoms with Crippen LogP contribution in [0.25, 0.3) is 0 Å². The summed E-state index contributed by atoms with van der Waals surface area (Å²) >= 11 is 0. The van der Waals surface area contributed by atoms with Gasteiger partial charge in [0.25, 0.3) is 0 Å². The van der Waals surface area contributed by atoms with Gasteiger partial charge in [-0.1, -0.05) is 12.5 Å². The van der Waals surface area contributed by atoms with E-state index in [9.17, 15) is 9.90 Å². The number of hydrogen-bond acceptors (Lipinski definition) is 3. The first-order chi connectivity index (χ1) is 12.6. The molecule has 26 heavy (non-hydrogen) atoms. The number of benzene rings is 1. The molecule has 0 atom stereocenters. The highest BCUT2D eigenvalue weighted by Gasteiger charge is 2.42. The number of anilines is 1. The van der Waals surface area contributed by atoms with E-state index in [1.807, 2.05) is 29.2 Å². The van der Waals surface area contributed by atoms with Crippen LogP contribution in [0.1, 0.15) is 57.8 Å². The Labute approximate surface area is 155 Å². The van der Waals surface area contributed by atoms with Crippen LogP contribution in [0.2, 0.25) is 0 Å². The van der Waals surface area contributed by atoms with Crippen LogP contribution in [-0.2, 0) is 0 Å². The van der Waals surface area contributed by atoms with Gasteiger partial charge in [-0.15, -0.1) is 0 Å². The molecule has 0 radical (unpaired) electrons. The highest BCUT2D eigenvalue weighted by molar-refractivity contribution is 5.89. The number of piperidine rings is 1. The smallest absolute Gasteiger partial charge is 0.321 e. The van der Waals surface area contributed by atoms with Crippen molar-refractivity contribution in [2.75, 3.05) is 18.4 Å². The lowest BCUT2D eigenvalue weighted by atomic mass is 9.69. The van der Waals surface area contributed by atoms with Crippen LogP contribution >= 0.6 is 0 Å². The third-order valence-corrected chi connectivity index (χ3v) is 6.47. The fourth-order valence-corrected chi connectivity index (χ4v) is 4.50. The molecule has 5 nitrogen and oxygen atoms in total. The lowest BCUT2D eigenvalue weighted by Crippen LogP contribution is -2.52. The third kappa shape index (κ3) is 3.83. The number of likely N-dealkylation sites (tertiary alicyclic amines) is 1. The molecule has 1 aromatic carbocycles. The number of aliphatic hydroxyl groups is 1. The predicted molar refractivity (Wildman–Crippen MR) is 101 cm³/mol. The lowest BCUT2D eigenvalue weighted by Gasteiger charge is -2.46. The number of hydrogen-bond donors (Lipinski definition) is 2. The molecule has 4 rings (SSSR count). The molecule has 142 valence electrons. The lowest BCUT2D eigenvalue weighted by molar-refractivity contribution is -0.0845. The number of rotatable bonds is 4. The fraction of sp³-hybridized carbons (Fsp3) is 0.667.